The first-order valence-electron chi connectivity index (χ1n) is 11.1. The lowest BCUT2D eigenvalue weighted by atomic mass is 10.0. The molecule has 2 aliphatic heterocycles. The molecule has 2 fully saturated rings. The van der Waals surface area contributed by atoms with Crippen LogP contribution in [0, 0.1) is 18.3 Å². The average Bonchev–Trinajstić information content (AvgIpc) is 3.37. The molecule has 3 heterocycles. The van der Waals surface area contributed by atoms with Crippen molar-refractivity contribution in [1.29, 1.82) is 5.26 Å². The van der Waals surface area contributed by atoms with Gasteiger partial charge in [-0.2, -0.15) is 5.26 Å². The fraction of sp³-hybridized carbons (Fsp3) is 0.565. The number of nitrogens with zero attached hydrogens (tertiary/aromatic N) is 4. The molecule has 0 aromatic carbocycles. The van der Waals surface area contributed by atoms with Crippen LogP contribution < -0.4 is 10.5 Å². The summed E-state index contributed by atoms with van der Waals surface area (Å²) in [7, 11) is 0. The molecule has 0 bridgehead atoms. The molecule has 1 aromatic heterocycles. The van der Waals surface area contributed by atoms with Crippen LogP contribution in [0.2, 0.25) is 0 Å². The summed E-state index contributed by atoms with van der Waals surface area (Å²) < 4.78 is 2.26. The average molecular weight is 459 g/mol. The van der Waals surface area contributed by atoms with Gasteiger partial charge in [0.05, 0.1) is 4.91 Å². The molecule has 1 aromatic rings. The van der Waals surface area contributed by atoms with Gasteiger partial charge in [-0.05, 0) is 44.7 Å². The van der Waals surface area contributed by atoms with E-state index < -0.39 is 0 Å². The molecule has 1 amide bonds. The zero-order chi connectivity index (χ0) is 22.5. The predicted octanol–water partition coefficient (Wildman–Crippen LogP) is 4.43. The van der Waals surface area contributed by atoms with Gasteiger partial charge in [-0.25, -0.2) is 0 Å². The molecule has 0 radical (unpaired) electrons. The van der Waals surface area contributed by atoms with Gasteiger partial charge in [-0.1, -0.05) is 50.2 Å². The van der Waals surface area contributed by atoms with Crippen LogP contribution in [0.4, 0.5) is 5.82 Å². The van der Waals surface area contributed by atoms with Crippen molar-refractivity contribution >= 4 is 46.1 Å². The SMILES string of the molecule is CCCCCCN1C(=O)C(=Cc2c(C)c(C#N)c(=O)n(CC)c2N2CCCC2)SC1=S. The fourth-order valence-corrected chi connectivity index (χ4v) is 5.52. The van der Waals surface area contributed by atoms with Gasteiger partial charge in [-0.15, -0.1) is 0 Å². The van der Waals surface area contributed by atoms with Crippen molar-refractivity contribution in [3.05, 3.63) is 31.9 Å². The second-order valence-electron chi connectivity index (χ2n) is 7.99. The molecule has 2 saturated heterocycles. The van der Waals surface area contributed by atoms with Crippen LogP contribution in [0.5, 0.6) is 0 Å². The van der Waals surface area contributed by atoms with Crippen molar-refractivity contribution in [2.24, 2.45) is 0 Å². The number of nitriles is 1. The first-order valence-corrected chi connectivity index (χ1v) is 12.3. The van der Waals surface area contributed by atoms with E-state index in [9.17, 15) is 14.9 Å². The van der Waals surface area contributed by atoms with Crippen LogP contribution in [-0.2, 0) is 11.3 Å². The first kappa shape index (κ1) is 23.6. The predicted molar refractivity (Wildman–Crippen MR) is 131 cm³/mol. The van der Waals surface area contributed by atoms with Gasteiger partial charge in [0.25, 0.3) is 11.5 Å². The molecule has 0 N–H and O–H groups in total. The highest BCUT2D eigenvalue weighted by molar-refractivity contribution is 8.26. The minimum Gasteiger partial charge on any atom is -0.357 e. The Kier molecular flexibility index (Phi) is 7.95. The summed E-state index contributed by atoms with van der Waals surface area (Å²) >= 11 is 6.80. The summed E-state index contributed by atoms with van der Waals surface area (Å²) in [6.07, 6.45) is 8.29. The highest BCUT2D eigenvalue weighted by Gasteiger charge is 2.33. The fourth-order valence-electron chi connectivity index (χ4n) is 4.23. The molecule has 0 spiro atoms. The van der Waals surface area contributed by atoms with E-state index in [4.69, 9.17) is 12.2 Å². The number of thioether (sulfide) groups is 1. The van der Waals surface area contributed by atoms with Crippen molar-refractivity contribution in [2.45, 2.75) is 65.8 Å². The first-order chi connectivity index (χ1) is 14.9. The highest BCUT2D eigenvalue weighted by Crippen LogP contribution is 2.36. The van der Waals surface area contributed by atoms with Gasteiger partial charge in [0.15, 0.2) is 0 Å². The van der Waals surface area contributed by atoms with E-state index in [1.165, 1.54) is 11.8 Å². The van der Waals surface area contributed by atoms with Gasteiger partial charge in [-0.3, -0.25) is 19.1 Å². The molecule has 6 nitrogen and oxygen atoms in total. The van der Waals surface area contributed by atoms with Gasteiger partial charge in [0.1, 0.15) is 21.8 Å². The number of carbonyl (C=O) groups excluding carboxylic acids is 1. The number of anilines is 1. The monoisotopic (exact) mass is 458 g/mol. The maximum atomic E-state index is 13.1. The number of hydrogen-bond donors (Lipinski definition) is 0. The normalized spacial score (nSPS) is 17.8. The minimum atomic E-state index is -0.259. The molecule has 8 heteroatoms. The summed E-state index contributed by atoms with van der Waals surface area (Å²) in [6.45, 7) is 8.71. The second-order valence-corrected chi connectivity index (χ2v) is 9.66. The Labute approximate surface area is 193 Å². The van der Waals surface area contributed by atoms with E-state index in [1.54, 1.807) is 16.4 Å². The number of amides is 1. The zero-order valence-corrected chi connectivity index (χ0v) is 20.2. The largest absolute Gasteiger partial charge is 0.357 e. The molecule has 2 aliphatic rings. The third-order valence-electron chi connectivity index (χ3n) is 5.95. The minimum absolute atomic E-state index is 0.0778. The quantitative estimate of drug-likeness (QED) is 0.326. The van der Waals surface area contributed by atoms with Crippen molar-refractivity contribution < 1.29 is 4.79 Å². The Morgan fingerprint density at radius 1 is 1.16 bits per heavy atom. The second kappa shape index (κ2) is 10.5. The number of unbranched alkanes of at least 4 members (excludes halogenated alkanes) is 3. The molecule has 166 valence electrons. The number of hydrogen-bond acceptors (Lipinski definition) is 6. The Hall–Kier alpha value is -2.11. The van der Waals surface area contributed by atoms with E-state index >= 15 is 0 Å². The number of carbonyl (C=O) groups is 1. The van der Waals surface area contributed by atoms with Crippen LogP contribution >= 0.6 is 24.0 Å². The number of pyridine rings is 1. The molecule has 0 atom stereocenters. The Morgan fingerprint density at radius 2 is 1.87 bits per heavy atom. The molecule has 0 unspecified atom stereocenters. The smallest absolute Gasteiger partial charge is 0.270 e. The van der Waals surface area contributed by atoms with E-state index in [2.05, 4.69) is 17.9 Å². The highest BCUT2D eigenvalue weighted by atomic mass is 32.2. The maximum absolute atomic E-state index is 13.1. The summed E-state index contributed by atoms with van der Waals surface area (Å²) in [5.74, 6) is 0.737. The molecule has 31 heavy (non-hydrogen) atoms. The van der Waals surface area contributed by atoms with Crippen LogP contribution in [0.15, 0.2) is 9.70 Å². The number of aromatic nitrogens is 1. The van der Waals surface area contributed by atoms with Gasteiger partial charge in [0.2, 0.25) is 0 Å². The van der Waals surface area contributed by atoms with E-state index in [-0.39, 0.29) is 17.0 Å². The lowest BCUT2D eigenvalue weighted by Gasteiger charge is -2.26. The van der Waals surface area contributed by atoms with Crippen molar-refractivity contribution in [3.8, 4) is 6.07 Å². The summed E-state index contributed by atoms with van der Waals surface area (Å²) in [5.41, 5.74) is 1.30. The van der Waals surface area contributed by atoms with Gasteiger partial charge in [0, 0.05) is 31.7 Å². The van der Waals surface area contributed by atoms with Crippen molar-refractivity contribution in [1.82, 2.24) is 9.47 Å². The van der Waals surface area contributed by atoms with E-state index in [0.29, 0.717) is 27.9 Å². The summed E-state index contributed by atoms with van der Waals surface area (Å²) in [6, 6.07) is 2.08. The van der Waals surface area contributed by atoms with Crippen molar-refractivity contribution in [3.63, 3.8) is 0 Å². The van der Waals surface area contributed by atoms with Crippen LogP contribution in [0.25, 0.3) is 6.08 Å². The topological polar surface area (TPSA) is 69.3 Å². The maximum Gasteiger partial charge on any atom is 0.270 e. The van der Waals surface area contributed by atoms with Crippen LogP contribution in [-0.4, -0.2) is 39.3 Å². The summed E-state index contributed by atoms with van der Waals surface area (Å²) in [4.78, 5) is 30.5. The standard InChI is InChI=1S/C23H30N4O2S2/c1-4-6-7-8-13-27-22(29)19(31-23(27)30)14-17-16(3)18(15-24)21(28)26(5-2)20(17)25-11-9-10-12-25/h14H,4-13H2,1-3H3. The third kappa shape index (κ3) is 4.73. The molecular weight excluding hydrogens is 428 g/mol. The third-order valence-corrected chi connectivity index (χ3v) is 7.33. The molecule has 0 saturated carbocycles. The lowest BCUT2D eigenvalue weighted by molar-refractivity contribution is -0.122. The Bertz CT molecular complexity index is 1000. The summed E-state index contributed by atoms with van der Waals surface area (Å²) in [5, 5.41) is 9.64. The van der Waals surface area contributed by atoms with E-state index in [1.807, 2.05) is 13.0 Å². The lowest BCUT2D eigenvalue weighted by Crippen LogP contribution is -2.33. The van der Waals surface area contributed by atoms with Crippen LogP contribution in [0.3, 0.4) is 0 Å². The molecular formula is C23H30N4O2S2. The van der Waals surface area contributed by atoms with Gasteiger partial charge < -0.3 is 4.90 Å². The Morgan fingerprint density at radius 3 is 2.48 bits per heavy atom. The number of thiocarbonyl (C=S) groups is 1. The van der Waals surface area contributed by atoms with E-state index in [0.717, 1.165) is 63.0 Å². The number of rotatable bonds is 8. The zero-order valence-electron chi connectivity index (χ0n) is 18.6. The molecule has 3 rings (SSSR count). The van der Waals surface area contributed by atoms with Gasteiger partial charge >= 0.3 is 0 Å². The van der Waals surface area contributed by atoms with Crippen LogP contribution in [0.1, 0.15) is 69.1 Å². The Balaban J connectivity index is 2.05. The van der Waals surface area contributed by atoms with Crippen molar-refractivity contribution in [2.75, 3.05) is 24.5 Å². The molecule has 0 aliphatic carbocycles.